The van der Waals surface area contributed by atoms with Gasteiger partial charge in [0.1, 0.15) is 0 Å². The molecule has 0 bridgehead atoms. The van der Waals surface area contributed by atoms with Gasteiger partial charge in [-0.1, -0.05) is 24.3 Å². The van der Waals surface area contributed by atoms with Crippen molar-refractivity contribution in [2.45, 2.75) is 27.2 Å². The van der Waals surface area contributed by atoms with Crippen molar-refractivity contribution in [3.8, 4) is 0 Å². The summed E-state index contributed by atoms with van der Waals surface area (Å²) in [4.78, 5) is 4.58. The lowest BCUT2D eigenvalue weighted by atomic mass is 9.96. The summed E-state index contributed by atoms with van der Waals surface area (Å²) in [5.74, 6) is 0. The van der Waals surface area contributed by atoms with Crippen LogP contribution in [0.5, 0.6) is 0 Å². The van der Waals surface area contributed by atoms with Gasteiger partial charge in [-0.3, -0.25) is 4.98 Å². The van der Waals surface area contributed by atoms with Crippen LogP contribution in [0, 0.1) is 6.92 Å². The van der Waals surface area contributed by atoms with Gasteiger partial charge in [-0.05, 0) is 55.5 Å². The SMILES string of the molecule is C=CCc1ccnc(C2=C(C)C(/C=C/C)=CCN2)c1C. The minimum absolute atomic E-state index is 0.846. The number of aromatic nitrogens is 1. The topological polar surface area (TPSA) is 24.9 Å². The standard InChI is InChI=1S/C18H22N2/c1-5-7-15-9-11-19-17(13(15)3)18-14(4)16(8-6-2)10-12-20-18/h5-6,8-11,20H,1,7,12H2,2-4H3/b8-6+. The average Bonchev–Trinajstić information content (AvgIpc) is 2.44. The zero-order valence-electron chi connectivity index (χ0n) is 12.5. The second-order valence-corrected chi connectivity index (χ2v) is 4.98. The third-order valence-corrected chi connectivity index (χ3v) is 3.67. The summed E-state index contributed by atoms with van der Waals surface area (Å²) in [6.45, 7) is 11.0. The molecule has 0 amide bonds. The first-order chi connectivity index (χ1) is 9.69. The van der Waals surface area contributed by atoms with Gasteiger partial charge in [0.15, 0.2) is 0 Å². The summed E-state index contributed by atoms with van der Waals surface area (Å²) in [5, 5.41) is 3.46. The Labute approximate surface area is 121 Å². The number of allylic oxidation sites excluding steroid dienone is 5. The van der Waals surface area contributed by atoms with E-state index >= 15 is 0 Å². The smallest absolute Gasteiger partial charge is 0.0895 e. The van der Waals surface area contributed by atoms with E-state index in [2.05, 4.69) is 55.0 Å². The lowest BCUT2D eigenvalue weighted by Crippen LogP contribution is -2.20. The summed E-state index contributed by atoms with van der Waals surface area (Å²) in [6, 6.07) is 2.07. The molecule has 2 heteroatoms. The molecule has 104 valence electrons. The molecular formula is C18H22N2. The van der Waals surface area contributed by atoms with E-state index in [9.17, 15) is 0 Å². The first-order valence-electron chi connectivity index (χ1n) is 7.02. The number of hydrogen-bond acceptors (Lipinski definition) is 2. The van der Waals surface area contributed by atoms with E-state index in [1.807, 2.05) is 19.2 Å². The van der Waals surface area contributed by atoms with E-state index in [4.69, 9.17) is 0 Å². The van der Waals surface area contributed by atoms with E-state index in [1.54, 1.807) is 0 Å². The molecule has 1 aromatic rings. The van der Waals surface area contributed by atoms with Crippen molar-refractivity contribution in [3.63, 3.8) is 0 Å². The molecule has 1 N–H and O–H groups in total. The third-order valence-electron chi connectivity index (χ3n) is 3.67. The molecule has 1 aliphatic rings. The predicted octanol–water partition coefficient (Wildman–Crippen LogP) is 3.96. The van der Waals surface area contributed by atoms with Crippen molar-refractivity contribution in [1.29, 1.82) is 0 Å². The minimum Gasteiger partial charge on any atom is -0.380 e. The summed E-state index contributed by atoms with van der Waals surface area (Å²) in [7, 11) is 0. The second-order valence-electron chi connectivity index (χ2n) is 4.98. The van der Waals surface area contributed by atoms with Crippen molar-refractivity contribution in [3.05, 3.63) is 71.1 Å². The fourth-order valence-electron chi connectivity index (χ4n) is 2.53. The van der Waals surface area contributed by atoms with Crippen LogP contribution >= 0.6 is 0 Å². The molecule has 20 heavy (non-hydrogen) atoms. The van der Waals surface area contributed by atoms with Gasteiger partial charge in [0.25, 0.3) is 0 Å². The van der Waals surface area contributed by atoms with E-state index in [1.165, 1.54) is 22.3 Å². The summed E-state index contributed by atoms with van der Waals surface area (Å²) >= 11 is 0. The number of nitrogens with zero attached hydrogens (tertiary/aromatic N) is 1. The molecule has 0 fully saturated rings. The lowest BCUT2D eigenvalue weighted by Gasteiger charge is -2.21. The van der Waals surface area contributed by atoms with Gasteiger partial charge in [0.2, 0.25) is 0 Å². The Kier molecular flexibility index (Phi) is 4.57. The van der Waals surface area contributed by atoms with Gasteiger partial charge in [0.05, 0.1) is 11.4 Å². The fraction of sp³-hybridized carbons (Fsp3) is 0.278. The number of pyridine rings is 1. The van der Waals surface area contributed by atoms with Crippen LogP contribution in [0.15, 0.2) is 54.3 Å². The quantitative estimate of drug-likeness (QED) is 0.835. The highest BCUT2D eigenvalue weighted by atomic mass is 14.9. The largest absolute Gasteiger partial charge is 0.380 e. The number of nitrogens with one attached hydrogen (secondary N) is 1. The van der Waals surface area contributed by atoms with Gasteiger partial charge in [-0.2, -0.15) is 0 Å². The minimum atomic E-state index is 0.846. The molecule has 1 aliphatic heterocycles. The van der Waals surface area contributed by atoms with Crippen molar-refractivity contribution >= 4 is 5.70 Å². The van der Waals surface area contributed by atoms with Gasteiger partial charge in [-0.15, -0.1) is 6.58 Å². The molecule has 2 nitrogen and oxygen atoms in total. The van der Waals surface area contributed by atoms with E-state index in [0.717, 1.165) is 24.4 Å². The molecule has 2 heterocycles. The zero-order valence-corrected chi connectivity index (χ0v) is 12.5. The molecule has 0 spiro atoms. The maximum absolute atomic E-state index is 4.58. The Bertz CT molecular complexity index is 604. The van der Waals surface area contributed by atoms with Crippen LogP contribution < -0.4 is 5.32 Å². The van der Waals surface area contributed by atoms with E-state index in [0.29, 0.717) is 0 Å². The molecular weight excluding hydrogens is 244 g/mol. The second kappa shape index (κ2) is 6.38. The molecule has 0 saturated heterocycles. The Hall–Kier alpha value is -2.09. The fourth-order valence-corrected chi connectivity index (χ4v) is 2.53. The van der Waals surface area contributed by atoms with Gasteiger partial charge in [-0.25, -0.2) is 0 Å². The van der Waals surface area contributed by atoms with Crippen molar-refractivity contribution < 1.29 is 0 Å². The highest BCUT2D eigenvalue weighted by molar-refractivity contribution is 5.73. The van der Waals surface area contributed by atoms with Crippen LogP contribution in [0.2, 0.25) is 0 Å². The molecule has 0 unspecified atom stereocenters. The maximum atomic E-state index is 4.58. The lowest BCUT2D eigenvalue weighted by molar-refractivity contribution is 0.946. The van der Waals surface area contributed by atoms with Crippen LogP contribution in [0.4, 0.5) is 0 Å². The molecule has 0 aliphatic carbocycles. The van der Waals surface area contributed by atoms with Gasteiger partial charge >= 0.3 is 0 Å². The Morgan fingerprint density at radius 1 is 1.40 bits per heavy atom. The summed E-state index contributed by atoms with van der Waals surface area (Å²) in [6.07, 6.45) is 11.1. The average molecular weight is 266 g/mol. The van der Waals surface area contributed by atoms with Crippen molar-refractivity contribution in [2.24, 2.45) is 0 Å². The molecule has 2 rings (SSSR count). The zero-order chi connectivity index (χ0) is 14.5. The van der Waals surface area contributed by atoms with Gasteiger partial charge < -0.3 is 5.32 Å². The van der Waals surface area contributed by atoms with Gasteiger partial charge in [0, 0.05) is 12.7 Å². The number of hydrogen-bond donors (Lipinski definition) is 1. The molecule has 0 radical (unpaired) electrons. The van der Waals surface area contributed by atoms with E-state index in [-0.39, 0.29) is 0 Å². The summed E-state index contributed by atoms with van der Waals surface area (Å²) in [5.41, 5.74) is 7.24. The monoisotopic (exact) mass is 266 g/mol. The molecule has 0 atom stereocenters. The first-order valence-corrected chi connectivity index (χ1v) is 7.02. The maximum Gasteiger partial charge on any atom is 0.0895 e. The van der Waals surface area contributed by atoms with Crippen molar-refractivity contribution in [1.82, 2.24) is 10.3 Å². The van der Waals surface area contributed by atoms with Crippen LogP contribution in [0.25, 0.3) is 5.70 Å². The highest BCUT2D eigenvalue weighted by Crippen LogP contribution is 2.27. The molecule has 0 aromatic carbocycles. The normalized spacial score (nSPS) is 15.2. The van der Waals surface area contributed by atoms with Crippen LogP contribution in [0.1, 0.15) is 30.7 Å². The third kappa shape index (κ3) is 2.74. The van der Waals surface area contributed by atoms with Crippen LogP contribution in [-0.4, -0.2) is 11.5 Å². The van der Waals surface area contributed by atoms with Crippen molar-refractivity contribution in [2.75, 3.05) is 6.54 Å². The molecule has 0 saturated carbocycles. The number of dihydropyridines is 1. The van der Waals surface area contributed by atoms with Crippen LogP contribution in [0.3, 0.4) is 0 Å². The van der Waals surface area contributed by atoms with Crippen LogP contribution in [-0.2, 0) is 6.42 Å². The predicted molar refractivity (Wildman–Crippen MR) is 86.4 cm³/mol. The summed E-state index contributed by atoms with van der Waals surface area (Å²) < 4.78 is 0. The Morgan fingerprint density at radius 2 is 2.20 bits per heavy atom. The Balaban J connectivity index is 2.50. The van der Waals surface area contributed by atoms with E-state index < -0.39 is 0 Å². The first kappa shape index (κ1) is 14.3. The molecule has 1 aromatic heterocycles. The highest BCUT2D eigenvalue weighted by Gasteiger charge is 2.16. The Morgan fingerprint density at radius 3 is 2.90 bits per heavy atom. The number of rotatable bonds is 4.